The Kier molecular flexibility index (Phi) is 4.36. The minimum atomic E-state index is -0.212. The molecule has 2 aliphatic heterocycles. The lowest BCUT2D eigenvalue weighted by atomic mass is 10.0. The highest BCUT2D eigenvalue weighted by Gasteiger charge is 2.35. The van der Waals surface area contributed by atoms with Crippen molar-refractivity contribution in [2.24, 2.45) is 0 Å². The smallest absolute Gasteiger partial charge is 0.149 e. The zero-order valence-electron chi connectivity index (χ0n) is 14.9. The maximum atomic E-state index is 13.5. The average molecular weight is 380 g/mol. The number of para-hydroxylation sites is 1. The van der Waals surface area contributed by atoms with E-state index in [9.17, 15) is 4.39 Å². The number of nitrogens with zero attached hydrogens (tertiary/aromatic N) is 3. The summed E-state index contributed by atoms with van der Waals surface area (Å²) in [6.07, 6.45) is 4.58. The van der Waals surface area contributed by atoms with Gasteiger partial charge >= 0.3 is 0 Å². The van der Waals surface area contributed by atoms with Crippen molar-refractivity contribution in [2.75, 3.05) is 5.32 Å². The van der Waals surface area contributed by atoms with Gasteiger partial charge in [0.1, 0.15) is 17.5 Å². The molecule has 0 bridgehead atoms. The van der Waals surface area contributed by atoms with Gasteiger partial charge in [0.2, 0.25) is 0 Å². The molecule has 27 heavy (non-hydrogen) atoms. The van der Waals surface area contributed by atoms with Crippen LogP contribution in [0.15, 0.2) is 53.4 Å². The summed E-state index contributed by atoms with van der Waals surface area (Å²) in [6, 6.07) is 15.2. The second-order valence-corrected chi connectivity index (χ2v) is 8.33. The molecule has 0 fully saturated rings. The number of aromatic nitrogens is 3. The normalized spacial score (nSPS) is 21.7. The largest absolute Gasteiger partial charge is 0.376 e. The van der Waals surface area contributed by atoms with Crippen LogP contribution < -0.4 is 5.32 Å². The van der Waals surface area contributed by atoms with Crippen LogP contribution >= 0.6 is 11.8 Å². The first-order valence-corrected chi connectivity index (χ1v) is 10.4. The molecule has 3 aromatic rings. The standard InChI is InChI=1S/C21H21FN4S/c22-15-11-9-14(10-12-15)19-20(27-17-7-4-3-6-16(17)23-19)21-25-24-18-8-2-1-5-13-26(18)21/h3-4,6-7,9-12,19-20,23H,1-2,5,8,13H2. The molecule has 1 aromatic heterocycles. The van der Waals surface area contributed by atoms with Crippen LogP contribution in [-0.4, -0.2) is 14.8 Å². The first-order chi connectivity index (χ1) is 13.3. The molecule has 1 N–H and O–H groups in total. The molecular formula is C21H21FN4S. The molecular weight excluding hydrogens is 359 g/mol. The number of rotatable bonds is 2. The lowest BCUT2D eigenvalue weighted by molar-refractivity contribution is 0.580. The lowest BCUT2D eigenvalue weighted by Crippen LogP contribution is -2.24. The third-order valence-corrected chi connectivity index (χ3v) is 6.72. The van der Waals surface area contributed by atoms with Crippen LogP contribution in [0.1, 0.15) is 47.8 Å². The summed E-state index contributed by atoms with van der Waals surface area (Å²) >= 11 is 1.82. The summed E-state index contributed by atoms with van der Waals surface area (Å²) < 4.78 is 15.8. The molecule has 2 aliphatic rings. The Bertz CT molecular complexity index is 953. The molecule has 138 valence electrons. The molecule has 2 atom stereocenters. The van der Waals surface area contributed by atoms with Gasteiger partial charge in [0.05, 0.1) is 11.3 Å². The highest BCUT2D eigenvalue weighted by atomic mass is 32.2. The van der Waals surface area contributed by atoms with Crippen molar-refractivity contribution < 1.29 is 4.39 Å². The van der Waals surface area contributed by atoms with Crippen LogP contribution in [0.4, 0.5) is 10.1 Å². The average Bonchev–Trinajstić information content (AvgIpc) is 2.95. The zero-order valence-corrected chi connectivity index (χ0v) is 15.8. The van der Waals surface area contributed by atoms with E-state index in [0.29, 0.717) is 0 Å². The second kappa shape index (κ2) is 7.00. The Balaban J connectivity index is 1.59. The summed E-state index contributed by atoms with van der Waals surface area (Å²) in [7, 11) is 0. The van der Waals surface area contributed by atoms with Crippen molar-refractivity contribution in [1.29, 1.82) is 0 Å². The summed E-state index contributed by atoms with van der Waals surface area (Å²) in [5.41, 5.74) is 2.18. The number of thioether (sulfide) groups is 1. The topological polar surface area (TPSA) is 42.7 Å². The van der Waals surface area contributed by atoms with Crippen molar-refractivity contribution in [1.82, 2.24) is 14.8 Å². The summed E-state index contributed by atoms with van der Waals surface area (Å²) in [6.45, 7) is 0.979. The van der Waals surface area contributed by atoms with Gasteiger partial charge in [0.25, 0.3) is 0 Å². The summed E-state index contributed by atoms with van der Waals surface area (Å²) in [5, 5.41) is 12.9. The SMILES string of the molecule is Fc1ccc(C2Nc3ccccc3SC2c2nnc3n2CCCCC3)cc1. The van der Waals surface area contributed by atoms with E-state index in [1.54, 1.807) is 0 Å². The first-order valence-electron chi connectivity index (χ1n) is 9.49. The fraction of sp³-hybridized carbons (Fsp3) is 0.333. The number of anilines is 1. The van der Waals surface area contributed by atoms with E-state index in [0.717, 1.165) is 35.9 Å². The third-order valence-electron chi connectivity index (χ3n) is 5.38. The van der Waals surface area contributed by atoms with E-state index in [1.807, 2.05) is 30.0 Å². The van der Waals surface area contributed by atoms with Crippen molar-refractivity contribution >= 4 is 17.4 Å². The van der Waals surface area contributed by atoms with E-state index in [-0.39, 0.29) is 17.1 Å². The number of nitrogens with one attached hydrogen (secondary N) is 1. The monoisotopic (exact) mass is 380 g/mol. The van der Waals surface area contributed by atoms with Crippen LogP contribution in [0, 0.1) is 5.82 Å². The van der Waals surface area contributed by atoms with E-state index in [1.165, 1.54) is 36.3 Å². The Hall–Kier alpha value is -2.34. The van der Waals surface area contributed by atoms with Gasteiger partial charge in [-0.3, -0.25) is 0 Å². The predicted octanol–water partition coefficient (Wildman–Crippen LogP) is 5.14. The molecule has 0 saturated carbocycles. The number of benzene rings is 2. The van der Waals surface area contributed by atoms with E-state index in [2.05, 4.69) is 38.3 Å². The maximum absolute atomic E-state index is 13.5. The summed E-state index contributed by atoms with van der Waals surface area (Å²) in [5.74, 6) is 1.91. The number of halogens is 1. The molecule has 0 saturated heterocycles. The van der Waals surface area contributed by atoms with Gasteiger partial charge in [-0.05, 0) is 42.7 Å². The first kappa shape index (κ1) is 16.8. The highest BCUT2D eigenvalue weighted by Crippen LogP contribution is 2.51. The fourth-order valence-corrected chi connectivity index (χ4v) is 5.31. The predicted molar refractivity (Wildman–Crippen MR) is 105 cm³/mol. The van der Waals surface area contributed by atoms with E-state index >= 15 is 0 Å². The second-order valence-electron chi connectivity index (χ2n) is 7.14. The number of fused-ring (bicyclic) bond motifs is 2. The Morgan fingerprint density at radius 2 is 1.85 bits per heavy atom. The molecule has 0 aliphatic carbocycles. The molecule has 5 rings (SSSR count). The van der Waals surface area contributed by atoms with E-state index < -0.39 is 0 Å². The molecule has 0 amide bonds. The molecule has 6 heteroatoms. The molecule has 0 radical (unpaired) electrons. The lowest BCUT2D eigenvalue weighted by Gasteiger charge is -2.34. The van der Waals surface area contributed by atoms with Crippen LogP contribution in [0.25, 0.3) is 0 Å². The Morgan fingerprint density at radius 3 is 2.74 bits per heavy atom. The number of hydrogen-bond acceptors (Lipinski definition) is 4. The number of hydrogen-bond donors (Lipinski definition) is 1. The van der Waals surface area contributed by atoms with Crippen LogP contribution in [0.3, 0.4) is 0 Å². The van der Waals surface area contributed by atoms with Crippen LogP contribution in [-0.2, 0) is 13.0 Å². The fourth-order valence-electron chi connectivity index (χ4n) is 3.98. The maximum Gasteiger partial charge on any atom is 0.149 e. The third kappa shape index (κ3) is 3.12. The number of aryl methyl sites for hydroxylation is 1. The van der Waals surface area contributed by atoms with Gasteiger partial charge in [0.15, 0.2) is 0 Å². The van der Waals surface area contributed by atoms with Gasteiger partial charge in [-0.25, -0.2) is 4.39 Å². The molecule has 0 spiro atoms. The molecule has 2 unspecified atom stereocenters. The van der Waals surface area contributed by atoms with Gasteiger partial charge in [-0.15, -0.1) is 22.0 Å². The van der Waals surface area contributed by atoms with E-state index in [4.69, 9.17) is 0 Å². The van der Waals surface area contributed by atoms with Gasteiger partial charge in [0, 0.05) is 23.5 Å². The minimum Gasteiger partial charge on any atom is -0.376 e. The Labute approximate surface area is 162 Å². The van der Waals surface area contributed by atoms with Gasteiger partial charge in [-0.1, -0.05) is 30.7 Å². The van der Waals surface area contributed by atoms with Crippen molar-refractivity contribution in [2.45, 2.75) is 48.4 Å². The van der Waals surface area contributed by atoms with Gasteiger partial charge in [-0.2, -0.15) is 0 Å². The summed E-state index contributed by atoms with van der Waals surface area (Å²) in [4.78, 5) is 1.21. The van der Waals surface area contributed by atoms with Crippen LogP contribution in [0.5, 0.6) is 0 Å². The Morgan fingerprint density at radius 1 is 1.00 bits per heavy atom. The molecule has 3 heterocycles. The van der Waals surface area contributed by atoms with Crippen LogP contribution in [0.2, 0.25) is 0 Å². The van der Waals surface area contributed by atoms with Crippen molar-refractivity contribution in [3.63, 3.8) is 0 Å². The van der Waals surface area contributed by atoms with Crippen molar-refractivity contribution in [3.8, 4) is 0 Å². The highest BCUT2D eigenvalue weighted by molar-refractivity contribution is 7.99. The quantitative estimate of drug-likeness (QED) is 0.668. The van der Waals surface area contributed by atoms with Gasteiger partial charge < -0.3 is 9.88 Å². The molecule has 4 nitrogen and oxygen atoms in total. The molecule has 2 aromatic carbocycles. The zero-order chi connectivity index (χ0) is 18.2. The minimum absolute atomic E-state index is 0.0158. The van der Waals surface area contributed by atoms with Crippen molar-refractivity contribution in [3.05, 3.63) is 71.6 Å².